The summed E-state index contributed by atoms with van der Waals surface area (Å²) in [6.07, 6.45) is 0. The van der Waals surface area contributed by atoms with Crippen molar-refractivity contribution in [3.8, 4) is 0 Å². The monoisotopic (exact) mass is 292 g/mol. The second-order valence-corrected chi connectivity index (χ2v) is 4.54. The summed E-state index contributed by atoms with van der Waals surface area (Å²) < 4.78 is 4.80. The van der Waals surface area contributed by atoms with Gasteiger partial charge in [-0.1, -0.05) is 53.5 Å². The molecule has 0 amide bonds. The Balaban J connectivity index is 3.05. The molecule has 1 atom stereocenters. The zero-order valence-electron chi connectivity index (χ0n) is 9.12. The highest BCUT2D eigenvalue weighted by Gasteiger charge is 2.25. The molecule has 92 valence electrons. The number of carbonyl (C=O) groups excluding carboxylic acids is 1. The first-order chi connectivity index (χ1) is 8.07. The molecule has 0 radical (unpaired) electrons. The summed E-state index contributed by atoms with van der Waals surface area (Å²) in [6, 6.07) is 9.00. The summed E-state index contributed by atoms with van der Waals surface area (Å²) in [6.45, 7) is 1.96. The Morgan fingerprint density at radius 1 is 1.29 bits per heavy atom. The molecule has 1 rings (SSSR count). The Bertz CT molecular complexity index is 411. The Kier molecular flexibility index (Phi) is 5.83. The molecule has 1 aromatic rings. The molecule has 17 heavy (non-hydrogen) atoms. The fourth-order valence-electron chi connectivity index (χ4n) is 1.30. The molecule has 1 unspecified atom stereocenters. The maximum absolute atomic E-state index is 11.6. The van der Waals surface area contributed by atoms with Crippen LogP contribution in [0.5, 0.6) is 0 Å². The number of esters is 1. The molecule has 0 fully saturated rings. The van der Waals surface area contributed by atoms with Crippen LogP contribution in [0.4, 0.5) is 0 Å². The predicted molar refractivity (Wildman–Crippen MR) is 71.3 cm³/mol. The lowest BCUT2D eigenvalue weighted by molar-refractivity contribution is -0.141. The lowest BCUT2D eigenvalue weighted by Gasteiger charge is -2.13. The van der Waals surface area contributed by atoms with Crippen molar-refractivity contribution >= 4 is 46.3 Å². The van der Waals surface area contributed by atoms with Crippen molar-refractivity contribution in [2.24, 2.45) is 0 Å². The molecule has 1 aromatic carbocycles. The first-order valence-electron chi connectivity index (χ1n) is 4.99. The van der Waals surface area contributed by atoms with E-state index in [1.54, 1.807) is 31.2 Å². The van der Waals surface area contributed by atoms with Gasteiger partial charge in [-0.05, 0) is 12.5 Å². The Hall–Kier alpha value is -0.700. The third-order valence-electron chi connectivity index (χ3n) is 2.04. The minimum atomic E-state index is -1.01. The van der Waals surface area contributed by atoms with Crippen molar-refractivity contribution in [2.75, 3.05) is 6.61 Å². The van der Waals surface area contributed by atoms with Gasteiger partial charge in [0.1, 0.15) is 4.49 Å². The lowest BCUT2D eigenvalue weighted by atomic mass is 10.0. The number of ether oxygens (including phenoxy) is 1. The zero-order valence-corrected chi connectivity index (χ0v) is 11.4. The standard InChI is InChI=1S/C12H11Cl3O2/c1-2-17-12(16)10(13)9(11(14)15)8-6-4-3-5-7-8/h3-7,10H,2H2,1H3. The highest BCUT2D eigenvalue weighted by molar-refractivity contribution is 6.60. The van der Waals surface area contributed by atoms with Crippen LogP contribution in [0.3, 0.4) is 0 Å². The molecule has 0 heterocycles. The molecule has 0 aliphatic heterocycles. The number of rotatable bonds is 4. The fraction of sp³-hybridized carbons (Fsp3) is 0.250. The summed E-state index contributed by atoms with van der Waals surface area (Å²) >= 11 is 17.5. The summed E-state index contributed by atoms with van der Waals surface area (Å²) in [5, 5.41) is -1.01. The van der Waals surface area contributed by atoms with Crippen molar-refractivity contribution < 1.29 is 9.53 Å². The zero-order chi connectivity index (χ0) is 12.8. The van der Waals surface area contributed by atoms with E-state index in [9.17, 15) is 4.79 Å². The van der Waals surface area contributed by atoms with Gasteiger partial charge in [0.2, 0.25) is 0 Å². The van der Waals surface area contributed by atoms with Crippen LogP contribution in [-0.2, 0) is 9.53 Å². The quantitative estimate of drug-likeness (QED) is 0.619. The lowest BCUT2D eigenvalue weighted by Crippen LogP contribution is -2.19. The molecule has 0 spiro atoms. The Morgan fingerprint density at radius 2 is 1.88 bits per heavy atom. The molecular formula is C12H11Cl3O2. The van der Waals surface area contributed by atoms with Gasteiger partial charge in [0.15, 0.2) is 5.38 Å². The van der Waals surface area contributed by atoms with Crippen LogP contribution in [0, 0.1) is 0 Å². The van der Waals surface area contributed by atoms with Gasteiger partial charge in [-0.15, -0.1) is 11.6 Å². The van der Waals surface area contributed by atoms with Crippen LogP contribution in [0.15, 0.2) is 34.8 Å². The second kappa shape index (κ2) is 6.90. The molecule has 0 saturated carbocycles. The van der Waals surface area contributed by atoms with Gasteiger partial charge in [0.05, 0.1) is 6.61 Å². The van der Waals surface area contributed by atoms with E-state index in [0.29, 0.717) is 11.1 Å². The van der Waals surface area contributed by atoms with Crippen molar-refractivity contribution in [3.63, 3.8) is 0 Å². The molecule has 0 aliphatic carbocycles. The van der Waals surface area contributed by atoms with Crippen molar-refractivity contribution in [3.05, 3.63) is 40.4 Å². The van der Waals surface area contributed by atoms with E-state index in [1.165, 1.54) is 0 Å². The normalized spacial score (nSPS) is 11.8. The Morgan fingerprint density at radius 3 is 2.35 bits per heavy atom. The number of alkyl halides is 1. The summed E-state index contributed by atoms with van der Waals surface area (Å²) in [5.41, 5.74) is 1.05. The highest BCUT2D eigenvalue weighted by atomic mass is 35.5. The fourth-order valence-corrected chi connectivity index (χ4v) is 2.15. The minimum absolute atomic E-state index is 0.0377. The van der Waals surface area contributed by atoms with Crippen LogP contribution in [-0.4, -0.2) is 18.0 Å². The average molecular weight is 294 g/mol. The number of hydrogen-bond acceptors (Lipinski definition) is 2. The average Bonchev–Trinajstić information content (AvgIpc) is 2.30. The summed E-state index contributed by atoms with van der Waals surface area (Å²) in [7, 11) is 0. The van der Waals surface area contributed by atoms with Crippen LogP contribution in [0.25, 0.3) is 5.57 Å². The van der Waals surface area contributed by atoms with Crippen molar-refractivity contribution in [1.29, 1.82) is 0 Å². The molecule has 0 bridgehead atoms. The highest BCUT2D eigenvalue weighted by Crippen LogP contribution is 2.31. The molecule has 0 saturated heterocycles. The van der Waals surface area contributed by atoms with Gasteiger partial charge >= 0.3 is 5.97 Å². The second-order valence-electron chi connectivity index (χ2n) is 3.15. The summed E-state index contributed by atoms with van der Waals surface area (Å²) in [5.74, 6) is -0.563. The van der Waals surface area contributed by atoms with Gasteiger partial charge in [0.25, 0.3) is 0 Å². The van der Waals surface area contributed by atoms with Crippen LogP contribution >= 0.6 is 34.8 Å². The van der Waals surface area contributed by atoms with E-state index in [4.69, 9.17) is 39.5 Å². The molecule has 0 aromatic heterocycles. The number of hydrogen-bond donors (Lipinski definition) is 0. The van der Waals surface area contributed by atoms with Crippen molar-refractivity contribution in [1.82, 2.24) is 0 Å². The topological polar surface area (TPSA) is 26.3 Å². The van der Waals surface area contributed by atoms with E-state index < -0.39 is 11.3 Å². The number of carbonyl (C=O) groups is 1. The summed E-state index contributed by atoms with van der Waals surface area (Å²) in [4.78, 5) is 11.6. The third-order valence-corrected chi connectivity index (χ3v) is 2.84. The SMILES string of the molecule is CCOC(=O)C(Cl)C(=C(Cl)Cl)c1ccccc1. The third kappa shape index (κ3) is 3.91. The smallest absolute Gasteiger partial charge is 0.328 e. The number of benzene rings is 1. The van der Waals surface area contributed by atoms with E-state index in [0.717, 1.165) is 0 Å². The van der Waals surface area contributed by atoms with Crippen LogP contribution in [0.2, 0.25) is 0 Å². The van der Waals surface area contributed by atoms with Crippen molar-refractivity contribution in [2.45, 2.75) is 12.3 Å². The first-order valence-corrected chi connectivity index (χ1v) is 6.18. The van der Waals surface area contributed by atoms with Gasteiger partial charge in [-0.25, -0.2) is 0 Å². The molecule has 0 N–H and O–H groups in total. The molecule has 5 heteroatoms. The van der Waals surface area contributed by atoms with Gasteiger partial charge < -0.3 is 4.74 Å². The largest absolute Gasteiger partial charge is 0.465 e. The molecule has 2 nitrogen and oxygen atoms in total. The molecule has 0 aliphatic rings. The van der Waals surface area contributed by atoms with Crippen LogP contribution < -0.4 is 0 Å². The van der Waals surface area contributed by atoms with Gasteiger partial charge in [-0.2, -0.15) is 0 Å². The van der Waals surface area contributed by atoms with E-state index in [2.05, 4.69) is 0 Å². The first kappa shape index (κ1) is 14.4. The van der Waals surface area contributed by atoms with E-state index >= 15 is 0 Å². The number of halogens is 3. The van der Waals surface area contributed by atoms with Gasteiger partial charge in [0, 0.05) is 5.57 Å². The van der Waals surface area contributed by atoms with E-state index in [1.807, 2.05) is 6.07 Å². The van der Waals surface area contributed by atoms with E-state index in [-0.39, 0.29) is 11.1 Å². The maximum Gasteiger partial charge on any atom is 0.328 e. The Labute approximate surface area is 115 Å². The minimum Gasteiger partial charge on any atom is -0.465 e. The predicted octanol–water partition coefficient (Wildman–Crippen LogP) is 4.00. The maximum atomic E-state index is 11.6. The van der Waals surface area contributed by atoms with Gasteiger partial charge in [-0.3, -0.25) is 4.79 Å². The van der Waals surface area contributed by atoms with Crippen LogP contribution in [0.1, 0.15) is 12.5 Å². The molecular weight excluding hydrogens is 282 g/mol.